The summed E-state index contributed by atoms with van der Waals surface area (Å²) in [4.78, 5) is 45.6. The van der Waals surface area contributed by atoms with Crippen LogP contribution in [0.4, 0.5) is 11.4 Å². The number of rotatable bonds is 11. The molecule has 5 rings (SSSR count). The minimum absolute atomic E-state index is 0.00951. The fourth-order valence-electron chi connectivity index (χ4n) is 6.96. The van der Waals surface area contributed by atoms with Gasteiger partial charge in [0.15, 0.2) is 0 Å². The molecule has 0 aromatic heterocycles. The largest absolute Gasteiger partial charge is 0.394 e. The number of nitrogens with zero attached hydrogens (tertiary/aromatic N) is 2. The summed E-state index contributed by atoms with van der Waals surface area (Å²) < 4.78 is -0.690. The lowest BCUT2D eigenvalue weighted by atomic mass is 9.70. The van der Waals surface area contributed by atoms with Crippen molar-refractivity contribution in [3.05, 3.63) is 60.2 Å². The molecule has 3 N–H and O–H groups in total. The molecule has 2 aromatic rings. The lowest BCUT2D eigenvalue weighted by Gasteiger charge is -2.36. The Labute approximate surface area is 240 Å². The third-order valence-corrected chi connectivity index (χ3v) is 10.9. The minimum Gasteiger partial charge on any atom is -0.394 e. The fourth-order valence-corrected chi connectivity index (χ4v) is 9.16. The van der Waals surface area contributed by atoms with E-state index >= 15 is 0 Å². The molecule has 0 saturated carbocycles. The molecule has 3 fully saturated rings. The predicted octanol–water partition coefficient (Wildman–Crippen LogP) is 3.65. The van der Waals surface area contributed by atoms with Crippen LogP contribution in [0.15, 0.2) is 54.6 Å². The van der Waals surface area contributed by atoms with Crippen LogP contribution in [0.25, 0.3) is 0 Å². The van der Waals surface area contributed by atoms with Crippen molar-refractivity contribution in [2.24, 2.45) is 11.8 Å². The smallest absolute Gasteiger partial charge is 0.248 e. The average Bonchev–Trinajstić information content (AvgIpc) is 3.62. The number of hydrogen-bond donors (Lipinski definition) is 3. The highest BCUT2D eigenvalue weighted by Gasteiger charge is 2.74. The average molecular weight is 565 g/mol. The zero-order valence-corrected chi connectivity index (χ0v) is 24.3. The van der Waals surface area contributed by atoms with E-state index in [1.807, 2.05) is 61.5 Å². The molecule has 2 bridgehead atoms. The predicted molar refractivity (Wildman–Crippen MR) is 159 cm³/mol. The van der Waals surface area contributed by atoms with Crippen LogP contribution in [-0.4, -0.2) is 69.5 Å². The molecule has 1 spiro atoms. The molecule has 9 heteroatoms. The highest BCUT2D eigenvalue weighted by atomic mass is 32.2. The van der Waals surface area contributed by atoms with Crippen molar-refractivity contribution in [3.63, 3.8) is 0 Å². The Balaban J connectivity index is 1.41. The number of fused-ring (bicyclic) bond motifs is 1. The van der Waals surface area contributed by atoms with Gasteiger partial charge in [-0.2, -0.15) is 0 Å². The number of thioether (sulfide) groups is 1. The van der Waals surface area contributed by atoms with E-state index in [1.165, 1.54) is 0 Å². The lowest BCUT2D eigenvalue weighted by Crippen LogP contribution is -2.54. The van der Waals surface area contributed by atoms with E-state index in [2.05, 4.69) is 29.4 Å². The van der Waals surface area contributed by atoms with Crippen LogP contribution in [0.5, 0.6) is 0 Å². The van der Waals surface area contributed by atoms with Crippen molar-refractivity contribution in [3.8, 4) is 0 Å². The minimum atomic E-state index is -0.758. The van der Waals surface area contributed by atoms with Crippen molar-refractivity contribution in [2.45, 2.75) is 68.7 Å². The van der Waals surface area contributed by atoms with Gasteiger partial charge < -0.3 is 25.5 Å². The van der Waals surface area contributed by atoms with Crippen molar-refractivity contribution in [1.82, 2.24) is 10.2 Å². The van der Waals surface area contributed by atoms with E-state index in [-0.39, 0.29) is 29.6 Å². The number of carbonyl (C=O) groups excluding carboxylic acids is 3. The maximum Gasteiger partial charge on any atom is 0.248 e. The van der Waals surface area contributed by atoms with Gasteiger partial charge >= 0.3 is 0 Å². The molecule has 3 heterocycles. The molecule has 3 aliphatic rings. The zero-order chi connectivity index (χ0) is 28.4. The van der Waals surface area contributed by atoms with Crippen LogP contribution in [0.3, 0.4) is 0 Å². The van der Waals surface area contributed by atoms with Crippen LogP contribution in [0, 0.1) is 11.8 Å². The van der Waals surface area contributed by atoms with Gasteiger partial charge in [-0.05, 0) is 62.9 Å². The van der Waals surface area contributed by atoms with Gasteiger partial charge in [0.2, 0.25) is 17.7 Å². The first-order chi connectivity index (χ1) is 19.4. The number of amides is 3. The molecule has 3 amide bonds. The van der Waals surface area contributed by atoms with Crippen LogP contribution in [0.2, 0.25) is 0 Å². The Morgan fingerprint density at radius 2 is 1.77 bits per heavy atom. The standard InChI is InChI=1S/C31H40N4O4S/c1-4-22(19-36)35-27(29(38)33-21-12-14-23(15-13-21)34(5-2)6-3)31-17-16-24(40-31)25(26(31)30(35)39)28(37)32-18-20-10-8-7-9-11-20/h7-15,22,24-27,36H,4-6,16-19H2,1-3H3,(H,32,37)(H,33,38)/t22-,24-,25+,26-,27?,31?/m0/s1. The first-order valence-electron chi connectivity index (χ1n) is 14.5. The molecule has 3 aliphatic heterocycles. The number of nitrogens with one attached hydrogen (secondary N) is 2. The number of anilines is 2. The second-order valence-corrected chi connectivity index (χ2v) is 12.6. The Bertz CT molecular complexity index is 1220. The van der Waals surface area contributed by atoms with E-state index in [4.69, 9.17) is 0 Å². The van der Waals surface area contributed by atoms with Gasteiger partial charge in [0, 0.05) is 36.3 Å². The highest BCUT2D eigenvalue weighted by molar-refractivity contribution is 8.02. The van der Waals surface area contributed by atoms with E-state index in [1.54, 1.807) is 16.7 Å². The van der Waals surface area contributed by atoms with Gasteiger partial charge in [-0.25, -0.2) is 0 Å². The lowest BCUT2D eigenvalue weighted by molar-refractivity contribution is -0.142. The van der Waals surface area contributed by atoms with Crippen molar-refractivity contribution >= 4 is 40.9 Å². The second kappa shape index (κ2) is 11.8. The Kier molecular flexibility index (Phi) is 8.42. The molecular weight excluding hydrogens is 524 g/mol. The topological polar surface area (TPSA) is 102 Å². The van der Waals surface area contributed by atoms with Gasteiger partial charge in [-0.15, -0.1) is 11.8 Å². The number of carbonyl (C=O) groups is 3. The molecule has 2 unspecified atom stereocenters. The number of hydrogen-bond acceptors (Lipinski definition) is 6. The third kappa shape index (κ3) is 4.87. The number of aliphatic hydroxyl groups excluding tert-OH is 1. The number of aliphatic hydroxyl groups is 1. The molecule has 2 aromatic carbocycles. The third-order valence-electron chi connectivity index (χ3n) is 8.94. The quantitative estimate of drug-likeness (QED) is 0.385. The van der Waals surface area contributed by atoms with Crippen LogP contribution in [0.1, 0.15) is 45.6 Å². The Morgan fingerprint density at radius 1 is 1.07 bits per heavy atom. The molecule has 3 saturated heterocycles. The van der Waals surface area contributed by atoms with E-state index in [0.29, 0.717) is 25.1 Å². The number of likely N-dealkylation sites (tertiary alicyclic amines) is 1. The summed E-state index contributed by atoms with van der Waals surface area (Å²) in [7, 11) is 0. The van der Waals surface area contributed by atoms with E-state index in [9.17, 15) is 19.5 Å². The van der Waals surface area contributed by atoms with Crippen molar-refractivity contribution in [1.29, 1.82) is 0 Å². The fraction of sp³-hybridized carbons (Fsp3) is 0.516. The van der Waals surface area contributed by atoms with Crippen LogP contribution >= 0.6 is 11.8 Å². The second-order valence-electron chi connectivity index (χ2n) is 11.0. The normalized spacial score (nSPS) is 27.4. The summed E-state index contributed by atoms with van der Waals surface area (Å²) in [6.45, 7) is 8.08. The first kappa shape index (κ1) is 28.5. The van der Waals surface area contributed by atoms with Gasteiger partial charge in [0.05, 0.1) is 29.2 Å². The molecular formula is C31H40N4O4S. The van der Waals surface area contributed by atoms with Gasteiger partial charge in [-0.3, -0.25) is 14.4 Å². The molecule has 214 valence electrons. The van der Waals surface area contributed by atoms with Crippen LogP contribution in [-0.2, 0) is 20.9 Å². The van der Waals surface area contributed by atoms with Gasteiger partial charge in [0.1, 0.15) is 6.04 Å². The molecule has 0 radical (unpaired) electrons. The molecule has 40 heavy (non-hydrogen) atoms. The first-order valence-corrected chi connectivity index (χ1v) is 15.3. The number of benzene rings is 2. The maximum atomic E-state index is 14.1. The summed E-state index contributed by atoms with van der Waals surface area (Å²) in [6.07, 6.45) is 1.99. The summed E-state index contributed by atoms with van der Waals surface area (Å²) >= 11 is 1.64. The van der Waals surface area contributed by atoms with E-state index < -0.39 is 28.7 Å². The maximum absolute atomic E-state index is 14.1. The summed E-state index contributed by atoms with van der Waals surface area (Å²) in [5, 5.41) is 16.3. The van der Waals surface area contributed by atoms with E-state index in [0.717, 1.165) is 30.8 Å². The summed E-state index contributed by atoms with van der Waals surface area (Å²) in [6, 6.07) is 16.2. The van der Waals surface area contributed by atoms with Crippen LogP contribution < -0.4 is 15.5 Å². The Hall–Kier alpha value is -3.04. The van der Waals surface area contributed by atoms with Gasteiger partial charge in [-0.1, -0.05) is 37.3 Å². The zero-order valence-electron chi connectivity index (χ0n) is 23.5. The molecule has 0 aliphatic carbocycles. The molecule has 6 atom stereocenters. The van der Waals surface area contributed by atoms with Crippen molar-refractivity contribution in [2.75, 3.05) is 29.9 Å². The summed E-state index contributed by atoms with van der Waals surface area (Å²) in [5.41, 5.74) is 2.75. The van der Waals surface area contributed by atoms with Gasteiger partial charge in [0.25, 0.3) is 0 Å². The molecule has 8 nitrogen and oxygen atoms in total. The van der Waals surface area contributed by atoms with Crippen molar-refractivity contribution < 1.29 is 19.5 Å². The summed E-state index contributed by atoms with van der Waals surface area (Å²) in [5.74, 6) is -1.66. The Morgan fingerprint density at radius 3 is 2.40 bits per heavy atom. The monoisotopic (exact) mass is 564 g/mol. The highest BCUT2D eigenvalue weighted by Crippen LogP contribution is 2.66. The SMILES string of the molecule is CC[C@@H](CO)N1C(=O)[C@@H]2[C@H](C(=O)NCc3ccccc3)[C@@H]3CCC2(S3)C1C(=O)Nc1ccc(N(CC)CC)cc1.